The molecule has 2 aromatic rings. The molecule has 0 radical (unpaired) electrons. The van der Waals surface area contributed by atoms with Gasteiger partial charge < -0.3 is 0 Å². The predicted octanol–water partition coefficient (Wildman–Crippen LogP) is 7.68. The lowest BCUT2D eigenvalue weighted by Gasteiger charge is -2.27. The Morgan fingerprint density at radius 3 is 1.59 bits per heavy atom. The molecule has 1 heteroatoms. The molecule has 1 heterocycles. The van der Waals surface area contributed by atoms with Crippen molar-refractivity contribution in [2.24, 2.45) is 5.92 Å². The maximum atomic E-state index is 2.53. The lowest BCUT2D eigenvalue weighted by molar-refractivity contribution is 0.585. The summed E-state index contributed by atoms with van der Waals surface area (Å²) in [4.78, 5) is 0. The highest BCUT2D eigenvalue weighted by atomic mass is 28.3. The van der Waals surface area contributed by atoms with E-state index in [1.165, 1.54) is 22.3 Å². The van der Waals surface area contributed by atoms with Gasteiger partial charge in [0.05, 0.1) is 0 Å². The molecule has 0 fully saturated rings. The SMILES string of the molecule is CC(C)(C)c1ccc2c(c1)C(C1C=CC3=C1[Si]3(C)C)c1cc(C(C)(C)C)ccc1-2. The Balaban J connectivity index is 1.71. The summed E-state index contributed by atoms with van der Waals surface area (Å²) in [7, 11) is -1.23. The first-order chi connectivity index (χ1) is 13.4. The third-order valence-electron chi connectivity index (χ3n) is 7.53. The summed E-state index contributed by atoms with van der Waals surface area (Å²) in [6.45, 7) is 19.0. The molecule has 0 amide bonds. The van der Waals surface area contributed by atoms with E-state index in [9.17, 15) is 0 Å². The van der Waals surface area contributed by atoms with E-state index in [-0.39, 0.29) is 10.8 Å². The van der Waals surface area contributed by atoms with E-state index >= 15 is 0 Å². The van der Waals surface area contributed by atoms with Crippen molar-refractivity contribution in [1.82, 2.24) is 0 Å². The summed E-state index contributed by atoms with van der Waals surface area (Å²) in [5.74, 6) is 1.04. The van der Waals surface area contributed by atoms with Gasteiger partial charge >= 0.3 is 0 Å². The van der Waals surface area contributed by atoms with E-state index < -0.39 is 8.07 Å². The van der Waals surface area contributed by atoms with Gasteiger partial charge in [0.1, 0.15) is 8.07 Å². The number of hydrogen-bond acceptors (Lipinski definition) is 0. The van der Waals surface area contributed by atoms with Crippen molar-refractivity contribution in [3.05, 3.63) is 81.2 Å². The molecular formula is C28H34Si. The largest absolute Gasteiger partial charge is 0.107 e. The molecule has 0 saturated carbocycles. The molecule has 150 valence electrons. The van der Waals surface area contributed by atoms with Crippen LogP contribution in [0.1, 0.15) is 69.7 Å². The average Bonchev–Trinajstić information content (AvgIpc) is 2.96. The Morgan fingerprint density at radius 1 is 0.724 bits per heavy atom. The molecule has 1 aliphatic heterocycles. The third kappa shape index (κ3) is 2.70. The van der Waals surface area contributed by atoms with Crippen molar-refractivity contribution in [3.8, 4) is 11.1 Å². The molecule has 0 N–H and O–H groups in total. The van der Waals surface area contributed by atoms with Crippen LogP contribution in [0.25, 0.3) is 11.1 Å². The molecule has 0 spiro atoms. The van der Waals surface area contributed by atoms with Gasteiger partial charge in [-0.3, -0.25) is 0 Å². The van der Waals surface area contributed by atoms with E-state index in [0.717, 1.165) is 0 Å². The Kier molecular flexibility index (Phi) is 3.72. The minimum atomic E-state index is -1.23. The monoisotopic (exact) mass is 398 g/mol. The highest BCUT2D eigenvalue weighted by Gasteiger charge is 2.54. The van der Waals surface area contributed by atoms with Gasteiger partial charge in [-0.05, 0) is 44.2 Å². The minimum Gasteiger partial charge on any atom is -0.0769 e. The number of hydrogen-bond donors (Lipinski definition) is 0. The van der Waals surface area contributed by atoms with Gasteiger partial charge in [-0.2, -0.15) is 0 Å². The fraction of sp³-hybridized carbons (Fsp3) is 0.429. The predicted molar refractivity (Wildman–Crippen MR) is 128 cm³/mol. The first-order valence-corrected chi connectivity index (χ1v) is 14.1. The average molecular weight is 399 g/mol. The lowest BCUT2D eigenvalue weighted by atomic mass is 9.79. The van der Waals surface area contributed by atoms with Crippen LogP contribution in [0.15, 0.2) is 58.9 Å². The lowest BCUT2D eigenvalue weighted by Crippen LogP contribution is -2.21. The van der Waals surface area contributed by atoms with Gasteiger partial charge in [0.2, 0.25) is 0 Å². The zero-order chi connectivity index (χ0) is 20.9. The molecular weight excluding hydrogens is 364 g/mol. The van der Waals surface area contributed by atoms with Crippen LogP contribution in [-0.2, 0) is 10.8 Å². The highest BCUT2D eigenvalue weighted by molar-refractivity contribution is 7.02. The number of benzene rings is 2. The summed E-state index contributed by atoms with van der Waals surface area (Å²) >= 11 is 0. The molecule has 3 aliphatic rings. The maximum Gasteiger partial charge on any atom is 0.107 e. The number of rotatable bonds is 1. The highest BCUT2D eigenvalue weighted by Crippen LogP contribution is 2.60. The Morgan fingerprint density at radius 2 is 1.21 bits per heavy atom. The van der Waals surface area contributed by atoms with Crippen LogP contribution in [-0.4, -0.2) is 8.07 Å². The summed E-state index contributed by atoms with van der Waals surface area (Å²) in [5, 5.41) is 3.53. The number of fused-ring (bicyclic) bond motifs is 3. The van der Waals surface area contributed by atoms with E-state index in [1.807, 2.05) is 5.20 Å². The zero-order valence-electron chi connectivity index (χ0n) is 19.3. The Bertz CT molecular complexity index is 1030. The Labute approximate surface area is 177 Å². The van der Waals surface area contributed by atoms with Gasteiger partial charge in [-0.25, -0.2) is 0 Å². The molecule has 0 nitrogen and oxygen atoms in total. The normalized spacial score (nSPS) is 22.0. The van der Waals surface area contributed by atoms with Crippen LogP contribution >= 0.6 is 0 Å². The first kappa shape index (κ1) is 19.1. The Hall–Kier alpha value is -1.86. The minimum absolute atomic E-state index is 0.175. The maximum absolute atomic E-state index is 2.53. The molecule has 1 atom stereocenters. The summed E-state index contributed by atoms with van der Waals surface area (Å²) in [6.07, 6.45) is 4.98. The molecule has 5 rings (SSSR count). The van der Waals surface area contributed by atoms with E-state index in [1.54, 1.807) is 16.3 Å². The van der Waals surface area contributed by atoms with Gasteiger partial charge in [0, 0.05) is 11.8 Å². The van der Waals surface area contributed by atoms with Crippen LogP contribution in [0.4, 0.5) is 0 Å². The van der Waals surface area contributed by atoms with Crippen LogP contribution in [0.2, 0.25) is 13.1 Å². The smallest absolute Gasteiger partial charge is 0.0769 e. The molecule has 2 aromatic carbocycles. The molecule has 2 aliphatic carbocycles. The van der Waals surface area contributed by atoms with Crippen molar-refractivity contribution in [3.63, 3.8) is 0 Å². The molecule has 0 bridgehead atoms. The summed E-state index contributed by atoms with van der Waals surface area (Å²) in [6, 6.07) is 14.6. The molecule has 29 heavy (non-hydrogen) atoms. The molecule has 0 aromatic heterocycles. The zero-order valence-corrected chi connectivity index (χ0v) is 20.3. The summed E-state index contributed by atoms with van der Waals surface area (Å²) < 4.78 is 0. The molecule has 0 saturated heterocycles. The van der Waals surface area contributed by atoms with Crippen LogP contribution in [0.5, 0.6) is 0 Å². The third-order valence-corrected chi connectivity index (χ3v) is 11.0. The second-order valence-corrected chi connectivity index (χ2v) is 16.2. The summed E-state index contributed by atoms with van der Waals surface area (Å²) in [5.41, 5.74) is 9.28. The van der Waals surface area contributed by atoms with E-state index in [4.69, 9.17) is 0 Å². The topological polar surface area (TPSA) is 0 Å². The standard InChI is InChI=1S/C28H34Si/c1-27(2,3)17-9-11-19-20-12-10-18(28(4,5)6)16-23(20)25(22(19)15-17)21-13-14-24-26(21)29(24,7)8/h9-16,21,25H,1-8H3. The second-order valence-electron chi connectivity index (χ2n) is 11.9. The van der Waals surface area contributed by atoms with Gasteiger partial charge in [0.25, 0.3) is 0 Å². The second kappa shape index (κ2) is 5.63. The van der Waals surface area contributed by atoms with Crippen molar-refractivity contribution >= 4 is 8.07 Å². The fourth-order valence-corrected chi connectivity index (χ4v) is 9.28. The molecule has 1 unspecified atom stereocenters. The van der Waals surface area contributed by atoms with Crippen LogP contribution in [0.3, 0.4) is 0 Å². The van der Waals surface area contributed by atoms with Crippen LogP contribution < -0.4 is 0 Å². The first-order valence-electron chi connectivity index (χ1n) is 11.1. The fourth-order valence-electron chi connectivity index (χ4n) is 5.61. The van der Waals surface area contributed by atoms with E-state index in [2.05, 4.69) is 103 Å². The quantitative estimate of drug-likeness (QED) is 0.432. The van der Waals surface area contributed by atoms with Crippen molar-refractivity contribution < 1.29 is 0 Å². The van der Waals surface area contributed by atoms with Crippen molar-refractivity contribution in [1.29, 1.82) is 0 Å². The van der Waals surface area contributed by atoms with E-state index in [0.29, 0.717) is 11.8 Å². The van der Waals surface area contributed by atoms with Crippen LogP contribution in [0, 0.1) is 5.92 Å². The van der Waals surface area contributed by atoms with Crippen molar-refractivity contribution in [2.75, 3.05) is 0 Å². The van der Waals surface area contributed by atoms with Gasteiger partial charge in [-0.1, -0.05) is 114 Å². The van der Waals surface area contributed by atoms with Gasteiger partial charge in [0.15, 0.2) is 0 Å². The van der Waals surface area contributed by atoms with Gasteiger partial charge in [-0.15, -0.1) is 0 Å². The number of allylic oxidation sites excluding steroid dienone is 4. The van der Waals surface area contributed by atoms with Crippen molar-refractivity contribution in [2.45, 2.75) is 71.4 Å².